The van der Waals surface area contributed by atoms with Gasteiger partial charge in [0.2, 0.25) is 0 Å². The molecule has 158 valence electrons. The second-order valence-electron chi connectivity index (χ2n) is 6.70. The molecule has 3 aromatic rings. The molecule has 9 heteroatoms. The zero-order valence-corrected chi connectivity index (χ0v) is 18.3. The lowest BCUT2D eigenvalue weighted by molar-refractivity contribution is -0.128. The number of hydrogen-bond donors (Lipinski definition) is 2. The molecule has 0 unspecified atom stereocenters. The van der Waals surface area contributed by atoms with Gasteiger partial charge in [-0.2, -0.15) is 0 Å². The summed E-state index contributed by atoms with van der Waals surface area (Å²) in [6, 6.07) is 6.97. The minimum atomic E-state index is -0.803. The molecule has 2 aromatic heterocycles. The molecule has 0 fully saturated rings. The second kappa shape index (κ2) is 9.08. The van der Waals surface area contributed by atoms with Gasteiger partial charge in [-0.15, -0.1) is 11.3 Å². The zero-order valence-electron chi connectivity index (χ0n) is 17.5. The Morgan fingerprint density at radius 2 is 1.73 bits per heavy atom. The molecule has 0 spiro atoms. The summed E-state index contributed by atoms with van der Waals surface area (Å²) in [6.45, 7) is 9.63. The summed E-state index contributed by atoms with van der Waals surface area (Å²) in [7, 11) is 0. The number of thiophene rings is 1. The van der Waals surface area contributed by atoms with Crippen molar-refractivity contribution in [2.75, 3.05) is 6.61 Å². The molecule has 1 aromatic carbocycles. The van der Waals surface area contributed by atoms with Gasteiger partial charge in [-0.1, -0.05) is 0 Å². The van der Waals surface area contributed by atoms with Crippen molar-refractivity contribution in [1.29, 1.82) is 0 Å². The Hall–Kier alpha value is -3.20. The summed E-state index contributed by atoms with van der Waals surface area (Å²) < 4.78 is 11.0. The van der Waals surface area contributed by atoms with Gasteiger partial charge in [0.25, 0.3) is 11.8 Å². The number of amides is 2. The normalized spacial score (nSPS) is 11.8. The van der Waals surface area contributed by atoms with Crippen molar-refractivity contribution in [2.45, 2.75) is 40.7 Å². The summed E-state index contributed by atoms with van der Waals surface area (Å²) in [6.07, 6.45) is -0.803. The van der Waals surface area contributed by atoms with Gasteiger partial charge in [0, 0.05) is 11.1 Å². The maximum Gasteiger partial charge on any atom is 0.280 e. The van der Waals surface area contributed by atoms with E-state index in [2.05, 4.69) is 20.8 Å². The first kappa shape index (κ1) is 21.5. The van der Waals surface area contributed by atoms with Crippen LogP contribution in [0.5, 0.6) is 11.5 Å². The van der Waals surface area contributed by atoms with E-state index in [1.807, 2.05) is 27.7 Å². The van der Waals surface area contributed by atoms with E-state index in [9.17, 15) is 9.59 Å². The summed E-state index contributed by atoms with van der Waals surface area (Å²) in [5.74, 6) is 1.03. The number of ether oxygens (including phenoxy) is 2. The molecule has 0 aliphatic heterocycles. The van der Waals surface area contributed by atoms with Gasteiger partial charge in [0.1, 0.15) is 22.2 Å². The van der Waals surface area contributed by atoms with Crippen molar-refractivity contribution in [1.82, 2.24) is 20.8 Å². The molecule has 1 atom stereocenters. The molecular formula is C21H24N4O4S. The van der Waals surface area contributed by atoms with Crippen molar-refractivity contribution >= 4 is 33.4 Å². The molecular weight excluding hydrogens is 404 g/mol. The molecule has 0 radical (unpaired) electrons. The third-order valence-corrected chi connectivity index (χ3v) is 5.59. The van der Waals surface area contributed by atoms with Crippen molar-refractivity contribution in [3.05, 3.63) is 46.2 Å². The van der Waals surface area contributed by atoms with Crippen molar-refractivity contribution in [3.8, 4) is 11.5 Å². The highest BCUT2D eigenvalue weighted by Gasteiger charge is 2.20. The monoisotopic (exact) mass is 428 g/mol. The summed E-state index contributed by atoms with van der Waals surface area (Å²) in [5, 5.41) is 0.870. The van der Waals surface area contributed by atoms with E-state index in [1.54, 1.807) is 31.2 Å². The van der Waals surface area contributed by atoms with E-state index in [-0.39, 0.29) is 0 Å². The van der Waals surface area contributed by atoms with Gasteiger partial charge in [-0.3, -0.25) is 20.4 Å². The highest BCUT2D eigenvalue weighted by Crippen LogP contribution is 2.31. The van der Waals surface area contributed by atoms with Crippen LogP contribution in [0.25, 0.3) is 10.2 Å². The fourth-order valence-corrected chi connectivity index (χ4v) is 4.18. The minimum Gasteiger partial charge on any atom is -0.494 e. The van der Waals surface area contributed by atoms with Gasteiger partial charge in [-0.25, -0.2) is 9.97 Å². The predicted molar refractivity (Wildman–Crippen MR) is 115 cm³/mol. The van der Waals surface area contributed by atoms with Crippen LogP contribution < -0.4 is 20.3 Å². The summed E-state index contributed by atoms with van der Waals surface area (Å²) in [4.78, 5) is 34.9. The first-order valence-corrected chi connectivity index (χ1v) is 10.4. The van der Waals surface area contributed by atoms with Gasteiger partial charge in [-0.05, 0) is 64.4 Å². The van der Waals surface area contributed by atoms with Crippen LogP contribution in [0.1, 0.15) is 40.6 Å². The van der Waals surface area contributed by atoms with E-state index >= 15 is 0 Å². The van der Waals surface area contributed by atoms with E-state index in [0.717, 1.165) is 27.2 Å². The maximum absolute atomic E-state index is 12.6. The number of rotatable bonds is 6. The Bertz CT molecular complexity index is 1080. The molecule has 8 nitrogen and oxygen atoms in total. The van der Waals surface area contributed by atoms with E-state index in [1.165, 1.54) is 11.3 Å². The number of aryl methyl sites for hydroxylation is 3. The van der Waals surface area contributed by atoms with Crippen molar-refractivity contribution < 1.29 is 19.1 Å². The highest BCUT2D eigenvalue weighted by molar-refractivity contribution is 7.20. The number of nitrogens with one attached hydrogen (secondary N) is 2. The first-order valence-electron chi connectivity index (χ1n) is 9.54. The lowest BCUT2D eigenvalue weighted by Crippen LogP contribution is -2.47. The Morgan fingerprint density at radius 1 is 1.07 bits per heavy atom. The lowest BCUT2D eigenvalue weighted by atomic mass is 10.1. The fraction of sp³-hybridized carbons (Fsp3) is 0.333. The lowest BCUT2D eigenvalue weighted by Gasteiger charge is -2.15. The standard InChI is InChI=1S/C21H24N4O4S/c1-6-28-15-7-9-16(10-8-15)29-13(4)19(26)24-25-20(27)18-11(2)17-12(3)22-14(5)23-21(17)30-18/h7-10,13H,6H2,1-5H3,(H,24,26)(H,25,27)/t13-/m1/s1. The number of fused-ring (bicyclic) bond motifs is 1. The Kier molecular flexibility index (Phi) is 6.51. The zero-order chi connectivity index (χ0) is 21.8. The topological polar surface area (TPSA) is 102 Å². The smallest absolute Gasteiger partial charge is 0.280 e. The van der Waals surface area contributed by atoms with Gasteiger partial charge >= 0.3 is 0 Å². The van der Waals surface area contributed by atoms with Crippen LogP contribution in [0.4, 0.5) is 0 Å². The average Bonchev–Trinajstić information content (AvgIpc) is 3.04. The molecule has 0 saturated carbocycles. The average molecular weight is 429 g/mol. The third-order valence-electron chi connectivity index (χ3n) is 4.41. The van der Waals surface area contributed by atoms with Gasteiger partial charge < -0.3 is 9.47 Å². The van der Waals surface area contributed by atoms with Crippen LogP contribution in [0.3, 0.4) is 0 Å². The molecule has 2 heterocycles. The molecule has 2 amide bonds. The largest absolute Gasteiger partial charge is 0.494 e. The molecule has 0 aliphatic carbocycles. The number of aromatic nitrogens is 2. The van der Waals surface area contributed by atoms with Crippen LogP contribution >= 0.6 is 11.3 Å². The SMILES string of the molecule is CCOc1ccc(O[C@H](C)C(=O)NNC(=O)c2sc3nc(C)nc(C)c3c2C)cc1. The fourth-order valence-electron chi connectivity index (χ4n) is 3.01. The molecule has 2 N–H and O–H groups in total. The molecule has 0 bridgehead atoms. The van der Waals surface area contributed by atoms with Crippen LogP contribution in [0.15, 0.2) is 24.3 Å². The second-order valence-corrected chi connectivity index (χ2v) is 7.70. The van der Waals surface area contributed by atoms with Gasteiger partial charge in [0.05, 0.1) is 11.5 Å². The van der Waals surface area contributed by atoms with Crippen molar-refractivity contribution in [3.63, 3.8) is 0 Å². The van der Waals surface area contributed by atoms with E-state index in [0.29, 0.717) is 23.1 Å². The first-order chi connectivity index (χ1) is 14.3. The van der Waals surface area contributed by atoms with Gasteiger partial charge in [0.15, 0.2) is 6.10 Å². The highest BCUT2D eigenvalue weighted by atomic mass is 32.1. The van der Waals surface area contributed by atoms with Crippen LogP contribution in [0.2, 0.25) is 0 Å². The number of hydrogen-bond acceptors (Lipinski definition) is 7. The maximum atomic E-state index is 12.6. The third kappa shape index (κ3) is 4.68. The summed E-state index contributed by atoms with van der Waals surface area (Å²) in [5.41, 5.74) is 6.48. The molecule has 3 rings (SSSR count). The van der Waals surface area contributed by atoms with Crippen LogP contribution in [0, 0.1) is 20.8 Å². The number of carbonyl (C=O) groups excluding carboxylic acids is 2. The van der Waals surface area contributed by atoms with E-state index in [4.69, 9.17) is 9.47 Å². The summed E-state index contributed by atoms with van der Waals surface area (Å²) >= 11 is 1.27. The Morgan fingerprint density at radius 3 is 2.40 bits per heavy atom. The van der Waals surface area contributed by atoms with Crippen molar-refractivity contribution in [2.24, 2.45) is 0 Å². The van der Waals surface area contributed by atoms with Crippen LogP contribution in [-0.2, 0) is 4.79 Å². The minimum absolute atomic E-state index is 0.408. The Balaban J connectivity index is 1.61. The number of carbonyl (C=O) groups is 2. The van der Waals surface area contributed by atoms with E-state index < -0.39 is 17.9 Å². The number of hydrazine groups is 1. The number of nitrogens with zero attached hydrogens (tertiary/aromatic N) is 2. The number of benzene rings is 1. The molecule has 0 saturated heterocycles. The quantitative estimate of drug-likeness (QED) is 0.585. The van der Waals surface area contributed by atoms with Crippen LogP contribution in [-0.4, -0.2) is 34.5 Å². The molecule has 0 aliphatic rings. The molecule has 30 heavy (non-hydrogen) atoms. The predicted octanol–water partition coefficient (Wildman–Crippen LogP) is 3.24. The Labute approximate surface area is 178 Å².